The van der Waals surface area contributed by atoms with Crippen LogP contribution in [0.25, 0.3) is 75.1 Å². The summed E-state index contributed by atoms with van der Waals surface area (Å²) in [6, 6.07) is 51.0. The van der Waals surface area contributed by atoms with Crippen molar-refractivity contribution in [1.82, 2.24) is 0 Å². The summed E-state index contributed by atoms with van der Waals surface area (Å²) in [4.78, 5) is 0. The van der Waals surface area contributed by atoms with Crippen molar-refractivity contribution in [3.63, 3.8) is 0 Å². The molecular weight excluding hydrogens is 603 g/mol. The Labute approximate surface area is 285 Å². The zero-order valence-corrected chi connectivity index (χ0v) is 28.4. The van der Waals surface area contributed by atoms with Crippen LogP contribution in [0.15, 0.2) is 140 Å². The summed E-state index contributed by atoms with van der Waals surface area (Å²) in [7, 11) is -0.467. The summed E-state index contributed by atoms with van der Waals surface area (Å²) < 4.78 is 15.9. The molecule has 0 unspecified atom stereocenters. The lowest BCUT2D eigenvalue weighted by Gasteiger charge is -2.32. The number of hydrogen-bond donors (Lipinski definition) is 0. The minimum atomic E-state index is -0.467. The molecule has 2 nitrogen and oxygen atoms in total. The largest absolute Gasteiger partial charge is 0.494 e. The first-order chi connectivity index (χ1) is 23.3. The van der Waals surface area contributed by atoms with Crippen molar-refractivity contribution in [3.05, 3.63) is 140 Å². The molecule has 2 heterocycles. The maximum atomic E-state index is 6.61. The molecule has 7 aromatic carbocycles. The van der Waals surface area contributed by atoms with E-state index in [2.05, 4.69) is 167 Å². The predicted molar refractivity (Wildman–Crippen MR) is 206 cm³/mol. The Hall–Kier alpha value is -4.74. The highest BCUT2D eigenvalue weighted by Gasteiger charge is 2.51. The van der Waals surface area contributed by atoms with E-state index in [-0.39, 0.29) is 0 Å². The van der Waals surface area contributed by atoms with Gasteiger partial charge in [0.2, 0.25) is 0 Å². The van der Waals surface area contributed by atoms with Gasteiger partial charge < -0.3 is 9.31 Å². The Balaban J connectivity index is 1.20. The Morgan fingerprint density at radius 3 is 1.83 bits per heavy atom. The van der Waals surface area contributed by atoms with Crippen LogP contribution < -0.4 is 5.46 Å². The molecule has 1 aliphatic rings. The van der Waals surface area contributed by atoms with Crippen molar-refractivity contribution in [2.24, 2.45) is 0 Å². The zero-order valence-electron chi connectivity index (χ0n) is 27.6. The summed E-state index contributed by atoms with van der Waals surface area (Å²) in [6.45, 7) is 8.46. The average molecular weight is 639 g/mol. The molecule has 0 spiro atoms. The fraction of sp³-hybridized carbons (Fsp3) is 0.136. The molecular formula is C44H35BO2S. The monoisotopic (exact) mass is 638 g/mol. The van der Waals surface area contributed by atoms with E-state index in [1.807, 2.05) is 11.3 Å². The van der Waals surface area contributed by atoms with Gasteiger partial charge in [-0.3, -0.25) is 0 Å². The quantitative estimate of drug-likeness (QED) is 0.141. The summed E-state index contributed by atoms with van der Waals surface area (Å²) in [6.07, 6.45) is 0. The van der Waals surface area contributed by atoms with Crippen molar-refractivity contribution >= 4 is 65.6 Å². The summed E-state index contributed by atoms with van der Waals surface area (Å²) >= 11 is 1.87. The Morgan fingerprint density at radius 2 is 1.06 bits per heavy atom. The predicted octanol–water partition coefficient (Wildman–Crippen LogP) is 11.7. The van der Waals surface area contributed by atoms with Crippen molar-refractivity contribution in [2.75, 3.05) is 0 Å². The maximum Gasteiger partial charge on any atom is 0.494 e. The fourth-order valence-corrected chi connectivity index (χ4v) is 8.44. The van der Waals surface area contributed by atoms with Gasteiger partial charge in [-0.1, -0.05) is 121 Å². The normalized spacial score (nSPS) is 15.6. The lowest BCUT2D eigenvalue weighted by molar-refractivity contribution is 0.00578. The van der Waals surface area contributed by atoms with Crippen LogP contribution in [0, 0.1) is 0 Å². The summed E-state index contributed by atoms with van der Waals surface area (Å²) in [5.41, 5.74) is 7.31. The molecule has 0 amide bonds. The Bertz CT molecular complexity index is 2510. The molecule has 0 bridgehead atoms. The van der Waals surface area contributed by atoms with Gasteiger partial charge >= 0.3 is 7.12 Å². The molecule has 4 heteroatoms. The standard InChI is InChI=1S/C44H35BO2S/c1-43(2)44(3,4)47-45(46-43)33-25-31(24-32(26-33)40-27-30-12-5-6-13-34(30)36-14-7-8-15-37(36)40)28-20-22-29(23-21-28)35-17-11-18-39-38-16-9-10-19-41(38)48-42(35)39/h5-27H,1-4H3. The van der Waals surface area contributed by atoms with Crippen LogP contribution >= 0.6 is 11.3 Å². The van der Waals surface area contributed by atoms with Crippen LogP contribution in [0.2, 0.25) is 0 Å². The number of rotatable bonds is 4. The first kappa shape index (κ1) is 29.4. The van der Waals surface area contributed by atoms with Gasteiger partial charge in [0, 0.05) is 20.2 Å². The molecule has 9 rings (SSSR count). The van der Waals surface area contributed by atoms with Gasteiger partial charge in [0.1, 0.15) is 0 Å². The third kappa shape index (κ3) is 4.70. The molecule has 1 aromatic heterocycles. The van der Waals surface area contributed by atoms with Gasteiger partial charge in [0.25, 0.3) is 0 Å². The highest BCUT2D eigenvalue weighted by atomic mass is 32.1. The molecule has 1 fully saturated rings. The highest BCUT2D eigenvalue weighted by molar-refractivity contribution is 7.26. The molecule has 232 valence electrons. The van der Waals surface area contributed by atoms with Gasteiger partial charge in [0.15, 0.2) is 0 Å². The van der Waals surface area contributed by atoms with Crippen LogP contribution in [0.4, 0.5) is 0 Å². The van der Waals surface area contributed by atoms with Gasteiger partial charge in [0.05, 0.1) is 11.2 Å². The van der Waals surface area contributed by atoms with Crippen molar-refractivity contribution in [2.45, 2.75) is 38.9 Å². The van der Waals surface area contributed by atoms with E-state index in [4.69, 9.17) is 9.31 Å². The lowest BCUT2D eigenvalue weighted by atomic mass is 9.76. The summed E-state index contributed by atoms with van der Waals surface area (Å²) in [5.74, 6) is 0. The van der Waals surface area contributed by atoms with Crippen molar-refractivity contribution < 1.29 is 9.31 Å². The van der Waals surface area contributed by atoms with Crippen molar-refractivity contribution in [1.29, 1.82) is 0 Å². The number of hydrogen-bond acceptors (Lipinski definition) is 3. The first-order valence-electron chi connectivity index (χ1n) is 16.7. The molecule has 0 radical (unpaired) electrons. The van der Waals surface area contributed by atoms with Crippen LogP contribution in [0.1, 0.15) is 27.7 Å². The third-order valence-electron chi connectivity index (χ3n) is 10.5. The topological polar surface area (TPSA) is 18.5 Å². The molecule has 0 N–H and O–H groups in total. The Kier molecular flexibility index (Phi) is 6.68. The molecule has 1 saturated heterocycles. The van der Waals surface area contributed by atoms with E-state index >= 15 is 0 Å². The SMILES string of the molecule is CC1(C)OB(c2cc(-c3ccc(-c4cccc5c4sc4ccccc45)cc3)cc(-c3cc4ccccc4c4ccccc34)c2)OC1(C)C. The molecule has 1 aliphatic heterocycles. The van der Waals surface area contributed by atoms with E-state index in [0.29, 0.717) is 0 Å². The fourth-order valence-electron chi connectivity index (χ4n) is 7.20. The van der Waals surface area contributed by atoms with Gasteiger partial charge in [-0.25, -0.2) is 0 Å². The Morgan fingerprint density at radius 1 is 0.458 bits per heavy atom. The second-order valence-corrected chi connectivity index (χ2v) is 15.0. The van der Waals surface area contributed by atoms with E-state index in [0.717, 1.165) is 22.2 Å². The molecule has 0 atom stereocenters. The number of fused-ring (bicyclic) bond motifs is 6. The molecule has 0 saturated carbocycles. The smallest absolute Gasteiger partial charge is 0.399 e. The molecule has 48 heavy (non-hydrogen) atoms. The van der Waals surface area contributed by atoms with Crippen LogP contribution in [0.5, 0.6) is 0 Å². The van der Waals surface area contributed by atoms with Gasteiger partial charge in [-0.2, -0.15) is 0 Å². The first-order valence-corrected chi connectivity index (χ1v) is 17.5. The number of benzene rings is 7. The second kappa shape index (κ2) is 10.9. The van der Waals surface area contributed by atoms with Crippen LogP contribution in [0.3, 0.4) is 0 Å². The van der Waals surface area contributed by atoms with E-state index < -0.39 is 18.3 Å². The summed E-state index contributed by atoms with van der Waals surface area (Å²) in [5, 5.41) is 7.63. The minimum Gasteiger partial charge on any atom is -0.399 e. The van der Waals surface area contributed by atoms with Gasteiger partial charge in [-0.05, 0) is 106 Å². The van der Waals surface area contributed by atoms with Gasteiger partial charge in [-0.15, -0.1) is 11.3 Å². The van der Waals surface area contributed by atoms with E-state index in [1.165, 1.54) is 58.4 Å². The van der Waals surface area contributed by atoms with E-state index in [1.54, 1.807) is 0 Å². The van der Waals surface area contributed by atoms with Crippen LogP contribution in [-0.4, -0.2) is 18.3 Å². The molecule has 0 aliphatic carbocycles. The minimum absolute atomic E-state index is 0.432. The van der Waals surface area contributed by atoms with Crippen LogP contribution in [-0.2, 0) is 9.31 Å². The second-order valence-electron chi connectivity index (χ2n) is 14.0. The molecule has 8 aromatic rings. The zero-order chi connectivity index (χ0) is 32.6. The maximum absolute atomic E-state index is 6.61. The van der Waals surface area contributed by atoms with Crippen molar-refractivity contribution in [3.8, 4) is 33.4 Å². The third-order valence-corrected chi connectivity index (χ3v) is 11.7. The number of thiophene rings is 1. The average Bonchev–Trinajstić information content (AvgIpc) is 3.60. The van der Waals surface area contributed by atoms with E-state index in [9.17, 15) is 0 Å². The lowest BCUT2D eigenvalue weighted by Crippen LogP contribution is -2.41. The highest BCUT2D eigenvalue weighted by Crippen LogP contribution is 2.42.